The maximum atomic E-state index is 12.3. The van der Waals surface area contributed by atoms with Gasteiger partial charge in [0.15, 0.2) is 0 Å². The molecule has 2 aromatic carbocycles. The van der Waals surface area contributed by atoms with Gasteiger partial charge in [-0.15, -0.1) is 6.42 Å². The lowest BCUT2D eigenvalue weighted by atomic mass is 10.1. The molecule has 0 saturated heterocycles. The molecule has 3 N–H and O–H groups in total. The SMILES string of the molecule is C#CCNC(=O)CC(=C)C(=O)Nc1ccc(C(=O)NCc2ccc(Cl)cc2Cl)cc1. The fourth-order valence-electron chi connectivity index (χ4n) is 2.35. The molecule has 0 aliphatic heterocycles. The molecule has 30 heavy (non-hydrogen) atoms. The number of amides is 3. The highest BCUT2D eigenvalue weighted by molar-refractivity contribution is 6.35. The van der Waals surface area contributed by atoms with E-state index in [2.05, 4.69) is 28.4 Å². The molecule has 0 unspecified atom stereocenters. The van der Waals surface area contributed by atoms with E-state index in [1.807, 2.05) is 0 Å². The zero-order valence-electron chi connectivity index (χ0n) is 15.9. The van der Waals surface area contributed by atoms with Crippen molar-refractivity contribution in [3.05, 3.63) is 75.8 Å². The number of nitrogens with one attached hydrogen (secondary N) is 3. The number of carbonyl (C=O) groups excluding carboxylic acids is 3. The van der Waals surface area contributed by atoms with Gasteiger partial charge >= 0.3 is 0 Å². The van der Waals surface area contributed by atoms with Crippen LogP contribution in [0.4, 0.5) is 5.69 Å². The summed E-state index contributed by atoms with van der Waals surface area (Å²) in [7, 11) is 0. The summed E-state index contributed by atoms with van der Waals surface area (Å²) in [6.45, 7) is 3.93. The molecule has 0 spiro atoms. The van der Waals surface area contributed by atoms with E-state index in [-0.39, 0.29) is 36.9 Å². The predicted molar refractivity (Wildman–Crippen MR) is 118 cm³/mol. The first-order valence-corrected chi connectivity index (χ1v) is 9.57. The maximum absolute atomic E-state index is 12.3. The minimum absolute atomic E-state index is 0.0848. The average molecular weight is 444 g/mol. The van der Waals surface area contributed by atoms with E-state index >= 15 is 0 Å². The number of carbonyl (C=O) groups is 3. The third kappa shape index (κ3) is 6.96. The van der Waals surface area contributed by atoms with Crippen molar-refractivity contribution >= 4 is 46.6 Å². The van der Waals surface area contributed by atoms with Crippen molar-refractivity contribution in [1.82, 2.24) is 10.6 Å². The highest BCUT2D eigenvalue weighted by Crippen LogP contribution is 2.21. The molecule has 0 aliphatic rings. The summed E-state index contributed by atoms with van der Waals surface area (Å²) in [5, 5.41) is 8.83. The van der Waals surface area contributed by atoms with Crippen LogP contribution in [0.2, 0.25) is 10.0 Å². The van der Waals surface area contributed by atoms with E-state index in [1.54, 1.807) is 42.5 Å². The summed E-state index contributed by atoms with van der Waals surface area (Å²) in [6, 6.07) is 11.3. The molecule has 0 fully saturated rings. The van der Waals surface area contributed by atoms with Crippen LogP contribution in [-0.4, -0.2) is 24.3 Å². The smallest absolute Gasteiger partial charge is 0.251 e. The lowest BCUT2D eigenvalue weighted by Crippen LogP contribution is -2.26. The standard InChI is InChI=1S/C22H19Cl2N3O3/c1-3-10-25-20(28)11-14(2)21(29)27-18-8-5-15(6-9-18)22(30)26-13-16-4-7-17(23)12-19(16)24/h1,4-9,12H,2,10-11,13H2,(H,25,28)(H,26,30)(H,27,29). The summed E-state index contributed by atoms with van der Waals surface area (Å²) in [6.07, 6.45) is 4.89. The van der Waals surface area contributed by atoms with Gasteiger partial charge in [-0.05, 0) is 42.0 Å². The number of halogens is 2. The average Bonchev–Trinajstić information content (AvgIpc) is 2.71. The van der Waals surface area contributed by atoms with Gasteiger partial charge in [-0.2, -0.15) is 0 Å². The molecule has 0 aromatic heterocycles. The van der Waals surface area contributed by atoms with Gasteiger partial charge in [-0.25, -0.2) is 0 Å². The number of hydrogen-bond acceptors (Lipinski definition) is 3. The van der Waals surface area contributed by atoms with Gasteiger partial charge in [0, 0.05) is 33.4 Å². The largest absolute Gasteiger partial charge is 0.348 e. The molecule has 8 heteroatoms. The maximum Gasteiger partial charge on any atom is 0.251 e. The first-order valence-electron chi connectivity index (χ1n) is 8.81. The van der Waals surface area contributed by atoms with Crippen LogP contribution in [0.25, 0.3) is 0 Å². The van der Waals surface area contributed by atoms with E-state index in [4.69, 9.17) is 29.6 Å². The minimum Gasteiger partial charge on any atom is -0.348 e. The van der Waals surface area contributed by atoms with Crippen LogP contribution < -0.4 is 16.0 Å². The Morgan fingerprint density at radius 2 is 1.73 bits per heavy atom. The monoisotopic (exact) mass is 443 g/mol. The number of rotatable bonds is 8. The molecule has 0 bridgehead atoms. The molecule has 0 aliphatic carbocycles. The highest BCUT2D eigenvalue weighted by atomic mass is 35.5. The van der Waals surface area contributed by atoms with Crippen molar-refractivity contribution < 1.29 is 14.4 Å². The van der Waals surface area contributed by atoms with Crippen LogP contribution in [-0.2, 0) is 16.1 Å². The van der Waals surface area contributed by atoms with E-state index < -0.39 is 5.91 Å². The lowest BCUT2D eigenvalue weighted by Gasteiger charge is -2.10. The first-order chi connectivity index (χ1) is 14.3. The van der Waals surface area contributed by atoms with Crippen molar-refractivity contribution in [3.63, 3.8) is 0 Å². The van der Waals surface area contributed by atoms with Gasteiger partial charge in [-0.1, -0.05) is 41.8 Å². The van der Waals surface area contributed by atoms with E-state index in [9.17, 15) is 14.4 Å². The van der Waals surface area contributed by atoms with Crippen molar-refractivity contribution in [2.45, 2.75) is 13.0 Å². The van der Waals surface area contributed by atoms with Gasteiger partial charge in [0.1, 0.15) is 0 Å². The number of terminal acetylenes is 1. The number of hydrogen-bond donors (Lipinski definition) is 3. The molecule has 0 radical (unpaired) electrons. The van der Waals surface area contributed by atoms with E-state index in [0.717, 1.165) is 5.56 Å². The van der Waals surface area contributed by atoms with Crippen molar-refractivity contribution in [3.8, 4) is 12.3 Å². The molecule has 2 aromatic rings. The summed E-state index contributed by atoms with van der Waals surface area (Å²) >= 11 is 12.0. The summed E-state index contributed by atoms with van der Waals surface area (Å²) < 4.78 is 0. The molecular formula is C22H19Cl2N3O3. The number of benzene rings is 2. The second-order valence-corrected chi connectivity index (χ2v) is 7.05. The van der Waals surface area contributed by atoms with Crippen LogP contribution in [0, 0.1) is 12.3 Å². The van der Waals surface area contributed by atoms with Gasteiger partial charge in [0.05, 0.1) is 13.0 Å². The summed E-state index contributed by atoms with van der Waals surface area (Å²) in [4.78, 5) is 36.0. The Labute approximate surface area is 184 Å². The van der Waals surface area contributed by atoms with Crippen LogP contribution in [0.3, 0.4) is 0 Å². The Kier molecular flexibility index (Phi) is 8.48. The second kappa shape index (κ2) is 11.1. The Morgan fingerprint density at radius 3 is 2.37 bits per heavy atom. The van der Waals surface area contributed by atoms with Crippen molar-refractivity contribution in [2.24, 2.45) is 0 Å². The molecule has 154 valence electrons. The second-order valence-electron chi connectivity index (χ2n) is 6.21. The summed E-state index contributed by atoms with van der Waals surface area (Å²) in [5.74, 6) is 1.09. The van der Waals surface area contributed by atoms with Gasteiger partial charge < -0.3 is 16.0 Å². The van der Waals surface area contributed by atoms with Gasteiger partial charge in [0.25, 0.3) is 11.8 Å². The lowest BCUT2D eigenvalue weighted by molar-refractivity contribution is -0.121. The zero-order valence-corrected chi connectivity index (χ0v) is 17.4. The molecule has 3 amide bonds. The summed E-state index contributed by atoms with van der Waals surface area (Å²) in [5.41, 5.74) is 1.70. The fraction of sp³-hybridized carbons (Fsp3) is 0.136. The van der Waals surface area contributed by atoms with Crippen molar-refractivity contribution in [2.75, 3.05) is 11.9 Å². The quantitative estimate of drug-likeness (QED) is 0.430. The minimum atomic E-state index is -0.500. The molecule has 0 atom stereocenters. The normalized spacial score (nSPS) is 9.90. The van der Waals surface area contributed by atoms with Crippen LogP contribution in [0.15, 0.2) is 54.6 Å². The first kappa shape index (κ1) is 23.0. The Hall–Kier alpha value is -3.27. The third-order valence-electron chi connectivity index (χ3n) is 3.94. The number of anilines is 1. The molecule has 6 nitrogen and oxygen atoms in total. The van der Waals surface area contributed by atoms with Crippen LogP contribution >= 0.6 is 23.2 Å². The fourth-order valence-corrected chi connectivity index (χ4v) is 2.83. The molecule has 2 rings (SSSR count). The van der Waals surface area contributed by atoms with Gasteiger partial charge in [0.2, 0.25) is 5.91 Å². The molecular weight excluding hydrogens is 425 g/mol. The van der Waals surface area contributed by atoms with Crippen molar-refractivity contribution in [1.29, 1.82) is 0 Å². The van der Waals surface area contributed by atoms with Crippen LogP contribution in [0.5, 0.6) is 0 Å². The molecule has 0 heterocycles. The Balaban J connectivity index is 1.88. The van der Waals surface area contributed by atoms with E-state index in [0.29, 0.717) is 21.3 Å². The predicted octanol–water partition coefficient (Wildman–Crippen LogP) is 3.56. The van der Waals surface area contributed by atoms with Gasteiger partial charge in [-0.3, -0.25) is 14.4 Å². The Morgan fingerprint density at radius 1 is 1.03 bits per heavy atom. The third-order valence-corrected chi connectivity index (χ3v) is 4.53. The topological polar surface area (TPSA) is 87.3 Å². The highest BCUT2D eigenvalue weighted by Gasteiger charge is 2.12. The zero-order chi connectivity index (χ0) is 22.1. The van der Waals surface area contributed by atoms with E-state index in [1.165, 1.54) is 0 Å². The Bertz CT molecular complexity index is 1010. The molecule has 0 saturated carbocycles. The van der Waals surface area contributed by atoms with Crippen LogP contribution in [0.1, 0.15) is 22.3 Å².